The average molecular weight is 259 g/mol. The first-order valence-corrected chi connectivity index (χ1v) is 4.24. The van der Waals surface area contributed by atoms with Gasteiger partial charge in [-0.3, -0.25) is 0 Å². The van der Waals surface area contributed by atoms with Gasteiger partial charge in [-0.1, -0.05) is 6.07 Å². The zero-order chi connectivity index (χ0) is 7.84. The Morgan fingerprint density at radius 3 is 3.00 bits per heavy atom. The molecule has 0 unspecified atom stereocenters. The minimum atomic E-state index is 0.672. The van der Waals surface area contributed by atoms with E-state index < -0.39 is 0 Å². The van der Waals surface area contributed by atoms with E-state index in [0.717, 1.165) is 9.09 Å². The molecule has 2 heterocycles. The van der Waals surface area contributed by atoms with Crippen LogP contribution >= 0.6 is 22.6 Å². The summed E-state index contributed by atoms with van der Waals surface area (Å²) >= 11 is 2.23. The number of pyridine rings is 1. The fourth-order valence-corrected chi connectivity index (χ4v) is 1.54. The predicted octanol–water partition coefficient (Wildman–Crippen LogP) is 1.52. The number of anilines is 1. The van der Waals surface area contributed by atoms with Gasteiger partial charge in [0, 0.05) is 0 Å². The van der Waals surface area contributed by atoms with Gasteiger partial charge < -0.3 is 5.73 Å². The summed E-state index contributed by atoms with van der Waals surface area (Å²) in [5, 5.41) is 4.10. The number of hydrogen-bond donors (Lipinski definition) is 1. The van der Waals surface area contributed by atoms with Crippen molar-refractivity contribution in [3.63, 3.8) is 0 Å². The first kappa shape index (κ1) is 6.90. The van der Waals surface area contributed by atoms with E-state index in [-0.39, 0.29) is 0 Å². The molecule has 0 aromatic carbocycles. The summed E-state index contributed by atoms with van der Waals surface area (Å²) in [6, 6.07) is 5.75. The molecule has 2 rings (SSSR count). The van der Waals surface area contributed by atoms with Crippen LogP contribution in [-0.2, 0) is 0 Å². The van der Waals surface area contributed by atoms with Gasteiger partial charge in [-0.25, -0.2) is 4.52 Å². The molecule has 0 spiro atoms. The smallest absolute Gasteiger partial charge is 0.125 e. The van der Waals surface area contributed by atoms with E-state index in [1.807, 2.05) is 18.2 Å². The van der Waals surface area contributed by atoms with E-state index in [4.69, 9.17) is 5.73 Å². The molecule has 11 heavy (non-hydrogen) atoms. The summed E-state index contributed by atoms with van der Waals surface area (Å²) in [6.07, 6.45) is 1.80. The molecule has 4 heteroatoms. The van der Waals surface area contributed by atoms with Crippen LogP contribution in [0.5, 0.6) is 0 Å². The predicted molar refractivity (Wildman–Crippen MR) is 52.3 cm³/mol. The quantitative estimate of drug-likeness (QED) is 0.729. The second kappa shape index (κ2) is 2.37. The Bertz CT molecular complexity index is 393. The van der Waals surface area contributed by atoms with E-state index in [1.54, 1.807) is 10.7 Å². The Labute approximate surface area is 77.3 Å². The number of nitrogens with two attached hydrogens (primary N) is 1. The van der Waals surface area contributed by atoms with Gasteiger partial charge >= 0.3 is 0 Å². The molecule has 0 fully saturated rings. The molecule has 2 aromatic heterocycles. The molecule has 0 amide bonds. The van der Waals surface area contributed by atoms with Crippen LogP contribution in [0.25, 0.3) is 5.52 Å². The van der Waals surface area contributed by atoms with Crippen LogP contribution in [-0.4, -0.2) is 9.61 Å². The Kier molecular flexibility index (Phi) is 1.49. The van der Waals surface area contributed by atoms with E-state index in [2.05, 4.69) is 27.7 Å². The lowest BCUT2D eigenvalue weighted by Crippen LogP contribution is -1.96. The van der Waals surface area contributed by atoms with Crippen molar-refractivity contribution in [3.05, 3.63) is 28.0 Å². The van der Waals surface area contributed by atoms with Crippen molar-refractivity contribution in [2.24, 2.45) is 0 Å². The Hall–Kier alpha value is -0.780. The van der Waals surface area contributed by atoms with Gasteiger partial charge in [0.1, 0.15) is 5.82 Å². The van der Waals surface area contributed by atoms with E-state index in [1.165, 1.54) is 0 Å². The van der Waals surface area contributed by atoms with Gasteiger partial charge in [-0.05, 0) is 34.7 Å². The van der Waals surface area contributed by atoms with Crippen molar-refractivity contribution in [2.75, 3.05) is 5.73 Å². The Morgan fingerprint density at radius 1 is 1.45 bits per heavy atom. The molecule has 0 aliphatic carbocycles. The minimum Gasteiger partial charge on any atom is -0.384 e. The maximum absolute atomic E-state index is 5.67. The normalized spacial score (nSPS) is 10.6. The van der Waals surface area contributed by atoms with Crippen molar-refractivity contribution in [2.45, 2.75) is 0 Å². The summed E-state index contributed by atoms with van der Waals surface area (Å²) in [4.78, 5) is 0. The van der Waals surface area contributed by atoms with Crippen molar-refractivity contribution in [1.29, 1.82) is 0 Å². The van der Waals surface area contributed by atoms with Crippen LogP contribution in [0, 0.1) is 3.57 Å². The largest absolute Gasteiger partial charge is 0.384 e. The lowest BCUT2D eigenvalue weighted by Gasteiger charge is -1.96. The second-order valence-corrected chi connectivity index (χ2v) is 3.40. The maximum Gasteiger partial charge on any atom is 0.125 e. The second-order valence-electron chi connectivity index (χ2n) is 2.24. The zero-order valence-electron chi connectivity index (χ0n) is 5.66. The lowest BCUT2D eigenvalue weighted by atomic mass is 10.4. The number of fused-ring (bicyclic) bond motifs is 1. The van der Waals surface area contributed by atoms with Gasteiger partial charge in [0.05, 0.1) is 15.3 Å². The number of hydrogen-bond acceptors (Lipinski definition) is 2. The fourth-order valence-electron chi connectivity index (χ4n) is 1.00. The first-order chi connectivity index (χ1) is 5.29. The molecular formula is C7H6IN3. The standard InChI is InChI=1S/C7H6IN3/c8-5-4-10-11-6(5)2-1-3-7(11)9/h1-4H,9H2. The SMILES string of the molecule is Nc1cccc2c(I)cnn12. The van der Waals surface area contributed by atoms with Crippen LogP contribution in [0.15, 0.2) is 24.4 Å². The zero-order valence-corrected chi connectivity index (χ0v) is 7.82. The summed E-state index contributed by atoms with van der Waals surface area (Å²) in [6.45, 7) is 0. The van der Waals surface area contributed by atoms with E-state index >= 15 is 0 Å². The molecule has 0 saturated heterocycles. The van der Waals surface area contributed by atoms with Gasteiger partial charge in [0.25, 0.3) is 0 Å². The van der Waals surface area contributed by atoms with Crippen LogP contribution in [0.2, 0.25) is 0 Å². The highest BCUT2D eigenvalue weighted by atomic mass is 127. The Balaban J connectivity index is 2.94. The van der Waals surface area contributed by atoms with E-state index in [9.17, 15) is 0 Å². The summed E-state index contributed by atoms with van der Waals surface area (Å²) in [7, 11) is 0. The van der Waals surface area contributed by atoms with Gasteiger partial charge in [0.15, 0.2) is 0 Å². The molecule has 2 N–H and O–H groups in total. The van der Waals surface area contributed by atoms with Crippen molar-refractivity contribution in [1.82, 2.24) is 9.61 Å². The van der Waals surface area contributed by atoms with Gasteiger partial charge in [-0.2, -0.15) is 5.10 Å². The van der Waals surface area contributed by atoms with Crippen LogP contribution < -0.4 is 5.73 Å². The maximum atomic E-state index is 5.67. The minimum absolute atomic E-state index is 0.672. The highest BCUT2D eigenvalue weighted by molar-refractivity contribution is 14.1. The molecule has 0 aliphatic heterocycles. The number of halogens is 1. The summed E-state index contributed by atoms with van der Waals surface area (Å²) < 4.78 is 2.84. The lowest BCUT2D eigenvalue weighted by molar-refractivity contribution is 0.974. The number of nitrogens with zero attached hydrogens (tertiary/aromatic N) is 2. The molecule has 0 saturated carbocycles. The number of rotatable bonds is 0. The molecule has 0 aliphatic rings. The molecule has 56 valence electrons. The van der Waals surface area contributed by atoms with Gasteiger partial charge in [-0.15, -0.1) is 0 Å². The summed E-state index contributed by atoms with van der Waals surface area (Å²) in [5.41, 5.74) is 6.73. The molecule has 0 bridgehead atoms. The topological polar surface area (TPSA) is 43.3 Å². The molecule has 0 radical (unpaired) electrons. The van der Waals surface area contributed by atoms with Crippen molar-refractivity contribution in [3.8, 4) is 0 Å². The van der Waals surface area contributed by atoms with Crippen LogP contribution in [0.3, 0.4) is 0 Å². The molecular weight excluding hydrogens is 253 g/mol. The monoisotopic (exact) mass is 259 g/mol. The Morgan fingerprint density at radius 2 is 2.27 bits per heavy atom. The van der Waals surface area contributed by atoms with Gasteiger partial charge in [0.2, 0.25) is 0 Å². The van der Waals surface area contributed by atoms with Crippen molar-refractivity contribution >= 4 is 33.9 Å². The van der Waals surface area contributed by atoms with Crippen LogP contribution in [0.4, 0.5) is 5.82 Å². The number of aromatic nitrogens is 2. The third-order valence-electron chi connectivity index (χ3n) is 1.53. The van der Waals surface area contributed by atoms with Crippen LogP contribution in [0.1, 0.15) is 0 Å². The van der Waals surface area contributed by atoms with Crippen molar-refractivity contribution < 1.29 is 0 Å². The molecule has 3 nitrogen and oxygen atoms in total. The number of nitrogen functional groups attached to an aromatic ring is 1. The third-order valence-corrected chi connectivity index (χ3v) is 2.36. The first-order valence-electron chi connectivity index (χ1n) is 3.17. The summed E-state index contributed by atoms with van der Waals surface area (Å²) in [5.74, 6) is 0.672. The third kappa shape index (κ3) is 0.973. The fraction of sp³-hybridized carbons (Fsp3) is 0. The highest BCUT2D eigenvalue weighted by Crippen LogP contribution is 2.14. The molecule has 2 aromatic rings. The average Bonchev–Trinajstić information content (AvgIpc) is 2.35. The highest BCUT2D eigenvalue weighted by Gasteiger charge is 2.00. The van der Waals surface area contributed by atoms with E-state index in [0.29, 0.717) is 5.82 Å². The molecule has 0 atom stereocenters.